The number of benzene rings is 2. The molecule has 0 aromatic heterocycles. The maximum Gasteiger partial charge on any atom is 0.250 e. The zero-order valence-corrected chi connectivity index (χ0v) is 16.2. The molecule has 2 aromatic carbocycles. The van der Waals surface area contributed by atoms with E-state index in [4.69, 9.17) is 4.74 Å². The van der Waals surface area contributed by atoms with Crippen LogP contribution >= 0.6 is 11.8 Å². The number of nitrogens with zero attached hydrogens (tertiary/aromatic N) is 1. The van der Waals surface area contributed by atoms with E-state index >= 15 is 0 Å². The third-order valence-corrected chi connectivity index (χ3v) is 4.78. The second kappa shape index (κ2) is 11.4. The van der Waals surface area contributed by atoms with E-state index in [1.165, 1.54) is 11.1 Å². The van der Waals surface area contributed by atoms with Gasteiger partial charge in [0.25, 0.3) is 0 Å². The number of hydrazone groups is 1. The summed E-state index contributed by atoms with van der Waals surface area (Å²) in [5.41, 5.74) is 5.99. The Balaban J connectivity index is 1.68. The number of amides is 1. The number of unbranched alkanes of at least 4 members (excludes halogenated alkanes) is 1. The third kappa shape index (κ3) is 7.31. The Morgan fingerprint density at radius 1 is 1.19 bits per heavy atom. The van der Waals surface area contributed by atoms with Crippen molar-refractivity contribution in [2.45, 2.75) is 32.4 Å². The summed E-state index contributed by atoms with van der Waals surface area (Å²) >= 11 is 1.58. The van der Waals surface area contributed by atoms with E-state index in [9.17, 15) is 4.79 Å². The van der Waals surface area contributed by atoms with Gasteiger partial charge in [-0.2, -0.15) is 5.10 Å². The lowest BCUT2D eigenvalue weighted by Gasteiger charge is -2.05. The molecule has 0 spiro atoms. The van der Waals surface area contributed by atoms with Gasteiger partial charge in [-0.3, -0.25) is 4.79 Å². The maximum absolute atomic E-state index is 11.8. The number of thioether (sulfide) groups is 1. The highest BCUT2D eigenvalue weighted by atomic mass is 32.2. The Hall–Kier alpha value is -2.27. The van der Waals surface area contributed by atoms with Gasteiger partial charge in [-0.25, -0.2) is 5.43 Å². The van der Waals surface area contributed by atoms with Crippen molar-refractivity contribution in [3.63, 3.8) is 0 Å². The fourth-order valence-corrected chi connectivity index (χ4v) is 3.12. The van der Waals surface area contributed by atoms with Crippen molar-refractivity contribution in [1.29, 1.82) is 0 Å². The van der Waals surface area contributed by atoms with Crippen LogP contribution in [0.5, 0.6) is 5.75 Å². The van der Waals surface area contributed by atoms with Gasteiger partial charge in [0.05, 0.1) is 18.6 Å². The van der Waals surface area contributed by atoms with Crippen molar-refractivity contribution in [2.24, 2.45) is 5.10 Å². The Morgan fingerprint density at radius 2 is 1.96 bits per heavy atom. The number of rotatable bonds is 10. The van der Waals surface area contributed by atoms with Crippen LogP contribution in [-0.2, 0) is 10.5 Å². The zero-order valence-electron chi connectivity index (χ0n) is 15.4. The van der Waals surface area contributed by atoms with E-state index in [0.717, 1.165) is 36.5 Å². The van der Waals surface area contributed by atoms with E-state index in [2.05, 4.69) is 36.5 Å². The molecule has 0 fully saturated rings. The molecule has 0 aliphatic rings. The summed E-state index contributed by atoms with van der Waals surface area (Å²) in [6.07, 6.45) is 3.81. The highest BCUT2D eigenvalue weighted by Crippen LogP contribution is 2.15. The molecule has 5 heteroatoms. The zero-order chi connectivity index (χ0) is 18.6. The van der Waals surface area contributed by atoms with E-state index in [1.54, 1.807) is 18.0 Å². The van der Waals surface area contributed by atoms with E-state index < -0.39 is 0 Å². The van der Waals surface area contributed by atoms with Crippen molar-refractivity contribution in [2.75, 3.05) is 12.4 Å². The lowest BCUT2D eigenvalue weighted by atomic mass is 10.1. The first-order chi connectivity index (χ1) is 12.7. The van der Waals surface area contributed by atoms with Gasteiger partial charge < -0.3 is 4.74 Å². The minimum Gasteiger partial charge on any atom is -0.494 e. The number of hydrogen-bond acceptors (Lipinski definition) is 4. The van der Waals surface area contributed by atoms with Crippen LogP contribution in [0.1, 0.15) is 36.5 Å². The van der Waals surface area contributed by atoms with Gasteiger partial charge in [0.2, 0.25) is 5.91 Å². The van der Waals surface area contributed by atoms with Gasteiger partial charge in [-0.05, 0) is 54.3 Å². The second-order valence-corrected chi connectivity index (χ2v) is 6.97. The maximum atomic E-state index is 11.8. The predicted molar refractivity (Wildman–Crippen MR) is 110 cm³/mol. The molecule has 0 radical (unpaired) electrons. The molecular formula is C21H26N2O2S. The summed E-state index contributed by atoms with van der Waals surface area (Å²) in [5, 5.41) is 4.01. The molecule has 0 atom stereocenters. The normalized spacial score (nSPS) is 10.8. The predicted octanol–water partition coefficient (Wildman–Crippen LogP) is 4.56. The third-order valence-electron chi connectivity index (χ3n) is 3.80. The highest BCUT2D eigenvalue weighted by molar-refractivity contribution is 7.99. The number of hydrogen-bond donors (Lipinski definition) is 1. The van der Waals surface area contributed by atoms with Gasteiger partial charge in [0, 0.05) is 5.75 Å². The molecule has 0 aliphatic heterocycles. The van der Waals surface area contributed by atoms with Crippen LogP contribution in [0.15, 0.2) is 53.6 Å². The molecule has 0 heterocycles. The fraction of sp³-hybridized carbons (Fsp3) is 0.333. The molecule has 1 N–H and O–H groups in total. The highest BCUT2D eigenvalue weighted by Gasteiger charge is 2.02. The van der Waals surface area contributed by atoms with Crippen LogP contribution in [0.4, 0.5) is 0 Å². The summed E-state index contributed by atoms with van der Waals surface area (Å²) in [4.78, 5) is 11.8. The largest absolute Gasteiger partial charge is 0.494 e. The molecule has 0 aliphatic carbocycles. The molecule has 0 unspecified atom stereocenters. The summed E-state index contributed by atoms with van der Waals surface area (Å²) in [7, 11) is 0. The second-order valence-electron chi connectivity index (χ2n) is 5.98. The van der Waals surface area contributed by atoms with Crippen LogP contribution in [-0.4, -0.2) is 24.5 Å². The summed E-state index contributed by atoms with van der Waals surface area (Å²) in [5.74, 6) is 1.96. The Labute approximate surface area is 160 Å². The van der Waals surface area contributed by atoms with E-state index in [-0.39, 0.29) is 5.91 Å². The first-order valence-electron chi connectivity index (χ1n) is 8.86. The van der Waals surface area contributed by atoms with Crippen LogP contribution in [0.3, 0.4) is 0 Å². The topological polar surface area (TPSA) is 50.7 Å². The van der Waals surface area contributed by atoms with Gasteiger partial charge in [-0.1, -0.05) is 37.6 Å². The molecule has 2 aromatic rings. The van der Waals surface area contributed by atoms with E-state index in [0.29, 0.717) is 5.75 Å². The monoisotopic (exact) mass is 370 g/mol. The Bertz CT molecular complexity index is 714. The smallest absolute Gasteiger partial charge is 0.250 e. The summed E-state index contributed by atoms with van der Waals surface area (Å²) < 4.78 is 5.62. The Morgan fingerprint density at radius 3 is 2.69 bits per heavy atom. The van der Waals surface area contributed by atoms with Gasteiger partial charge in [0.15, 0.2) is 0 Å². The quantitative estimate of drug-likeness (QED) is 0.379. The molecule has 0 saturated heterocycles. The van der Waals surface area contributed by atoms with Crippen molar-refractivity contribution in [1.82, 2.24) is 5.43 Å². The van der Waals surface area contributed by atoms with Crippen molar-refractivity contribution < 1.29 is 9.53 Å². The Kier molecular flexibility index (Phi) is 8.76. The SMILES string of the molecule is CCCCOc1ccc(C=NNC(=O)CSCc2ccccc2C)cc1. The average Bonchev–Trinajstić information content (AvgIpc) is 2.65. The van der Waals surface area contributed by atoms with Gasteiger partial charge in [-0.15, -0.1) is 11.8 Å². The summed E-state index contributed by atoms with van der Waals surface area (Å²) in [6.45, 7) is 4.96. The minimum atomic E-state index is -0.0978. The average molecular weight is 371 g/mol. The lowest BCUT2D eigenvalue weighted by Crippen LogP contribution is -2.19. The minimum absolute atomic E-state index is 0.0978. The molecule has 26 heavy (non-hydrogen) atoms. The van der Waals surface area contributed by atoms with Crippen LogP contribution < -0.4 is 10.2 Å². The number of aryl methyl sites for hydroxylation is 1. The fourth-order valence-electron chi connectivity index (χ4n) is 2.22. The van der Waals surface area contributed by atoms with Crippen LogP contribution in [0.25, 0.3) is 0 Å². The first kappa shape index (κ1) is 20.0. The van der Waals surface area contributed by atoms with Gasteiger partial charge >= 0.3 is 0 Å². The number of carbonyl (C=O) groups is 1. The molecule has 138 valence electrons. The molecule has 0 saturated carbocycles. The molecule has 1 amide bonds. The molecule has 2 rings (SSSR count). The van der Waals surface area contributed by atoms with Gasteiger partial charge in [0.1, 0.15) is 5.75 Å². The van der Waals surface area contributed by atoms with Crippen molar-refractivity contribution in [3.8, 4) is 5.75 Å². The van der Waals surface area contributed by atoms with Crippen LogP contribution in [0, 0.1) is 6.92 Å². The molecular weight excluding hydrogens is 344 g/mol. The number of carbonyl (C=O) groups excluding carboxylic acids is 1. The van der Waals surface area contributed by atoms with Crippen molar-refractivity contribution >= 4 is 23.9 Å². The van der Waals surface area contributed by atoms with Crippen LogP contribution in [0.2, 0.25) is 0 Å². The number of nitrogens with one attached hydrogen (secondary N) is 1. The van der Waals surface area contributed by atoms with E-state index in [1.807, 2.05) is 36.4 Å². The molecule has 4 nitrogen and oxygen atoms in total. The lowest BCUT2D eigenvalue weighted by molar-refractivity contribution is -0.118. The number of ether oxygens (including phenoxy) is 1. The molecule has 0 bridgehead atoms. The standard InChI is InChI=1S/C21H26N2O2S/c1-3-4-13-25-20-11-9-18(10-12-20)14-22-23-21(24)16-26-15-19-8-6-5-7-17(19)2/h5-12,14H,3-4,13,15-16H2,1-2H3,(H,23,24). The van der Waals surface area contributed by atoms with Crippen molar-refractivity contribution in [3.05, 3.63) is 65.2 Å². The first-order valence-corrected chi connectivity index (χ1v) is 10.0. The summed E-state index contributed by atoms with van der Waals surface area (Å²) in [6, 6.07) is 15.9.